The molecule has 0 aromatic heterocycles. The number of likely N-dealkylation sites (N-methyl/N-ethyl adjacent to an activating group) is 1. The van der Waals surface area contributed by atoms with E-state index < -0.39 is 10.0 Å². The minimum atomic E-state index is -3.25. The van der Waals surface area contributed by atoms with Crippen LogP contribution in [-0.4, -0.2) is 27.8 Å². The molecule has 0 fully saturated rings. The fourth-order valence-electron chi connectivity index (χ4n) is 3.40. The number of rotatable bonds is 6. The van der Waals surface area contributed by atoms with Gasteiger partial charge in [0, 0.05) is 24.0 Å². The van der Waals surface area contributed by atoms with Crippen molar-refractivity contribution in [2.75, 3.05) is 29.0 Å². The molecule has 0 saturated heterocycles. The molecule has 0 bridgehead atoms. The molecule has 1 heterocycles. The summed E-state index contributed by atoms with van der Waals surface area (Å²) in [4.78, 5) is 2.37. The minimum absolute atomic E-state index is 0.254. The Hall–Kier alpha value is -2.21. The second kappa shape index (κ2) is 6.96. The van der Waals surface area contributed by atoms with Crippen molar-refractivity contribution >= 4 is 21.4 Å². The van der Waals surface area contributed by atoms with E-state index in [1.807, 2.05) is 37.3 Å². The van der Waals surface area contributed by atoms with Crippen LogP contribution < -0.4 is 14.4 Å². The van der Waals surface area contributed by atoms with Crippen LogP contribution in [0.25, 0.3) is 0 Å². The van der Waals surface area contributed by atoms with Crippen molar-refractivity contribution in [2.45, 2.75) is 26.3 Å². The molecule has 2 aromatic rings. The number of ether oxygens (including phenoxy) is 1. The zero-order chi connectivity index (χ0) is 18.0. The molecule has 0 aliphatic carbocycles. The van der Waals surface area contributed by atoms with Gasteiger partial charge in [-0.3, -0.25) is 4.72 Å². The van der Waals surface area contributed by atoms with E-state index in [1.165, 1.54) is 16.8 Å². The van der Waals surface area contributed by atoms with Gasteiger partial charge < -0.3 is 9.64 Å². The quantitative estimate of drug-likeness (QED) is 0.855. The number of anilines is 2. The van der Waals surface area contributed by atoms with Crippen molar-refractivity contribution in [2.24, 2.45) is 0 Å². The lowest BCUT2D eigenvalue weighted by Gasteiger charge is -2.27. The first-order valence-electron chi connectivity index (χ1n) is 8.51. The molecule has 5 nitrogen and oxygen atoms in total. The van der Waals surface area contributed by atoms with Crippen LogP contribution in [0, 0.1) is 0 Å². The van der Waals surface area contributed by atoms with Crippen molar-refractivity contribution < 1.29 is 13.2 Å². The van der Waals surface area contributed by atoms with E-state index in [1.54, 1.807) is 0 Å². The first kappa shape index (κ1) is 17.6. The van der Waals surface area contributed by atoms with Gasteiger partial charge in [0.1, 0.15) is 5.75 Å². The highest BCUT2D eigenvalue weighted by atomic mass is 32.2. The van der Waals surface area contributed by atoms with Gasteiger partial charge in [-0.1, -0.05) is 18.2 Å². The lowest BCUT2D eigenvalue weighted by atomic mass is 10.0. The van der Waals surface area contributed by atoms with Crippen LogP contribution in [0.1, 0.15) is 31.0 Å². The van der Waals surface area contributed by atoms with Gasteiger partial charge in [-0.15, -0.1) is 0 Å². The fourth-order valence-corrected chi connectivity index (χ4v) is 3.97. The van der Waals surface area contributed by atoms with Gasteiger partial charge in [0.05, 0.1) is 18.9 Å². The first-order valence-corrected chi connectivity index (χ1v) is 10.4. The first-order chi connectivity index (χ1) is 11.9. The molecule has 1 aliphatic heterocycles. The summed E-state index contributed by atoms with van der Waals surface area (Å²) in [6, 6.07) is 14.2. The third kappa shape index (κ3) is 3.90. The van der Waals surface area contributed by atoms with Gasteiger partial charge in [0.15, 0.2) is 0 Å². The molecule has 0 saturated carbocycles. The number of benzene rings is 2. The molecular weight excluding hydrogens is 336 g/mol. The maximum absolute atomic E-state index is 11.3. The maximum atomic E-state index is 11.3. The van der Waals surface area contributed by atoms with Gasteiger partial charge >= 0.3 is 0 Å². The summed E-state index contributed by atoms with van der Waals surface area (Å²) in [6.07, 6.45) is 2.09. The van der Waals surface area contributed by atoms with Crippen LogP contribution in [-0.2, 0) is 16.4 Å². The van der Waals surface area contributed by atoms with E-state index in [0.29, 0.717) is 12.3 Å². The van der Waals surface area contributed by atoms with E-state index >= 15 is 0 Å². The molecular formula is C19H24N2O3S. The molecule has 0 amide bonds. The maximum Gasteiger partial charge on any atom is 0.229 e. The number of nitrogens with zero attached hydrogens (tertiary/aromatic N) is 1. The van der Waals surface area contributed by atoms with Gasteiger partial charge in [-0.25, -0.2) is 8.42 Å². The second-order valence-corrected chi connectivity index (χ2v) is 7.97. The van der Waals surface area contributed by atoms with Crippen LogP contribution in [0.2, 0.25) is 0 Å². The highest BCUT2D eigenvalue weighted by Crippen LogP contribution is 2.42. The molecule has 25 heavy (non-hydrogen) atoms. The van der Waals surface area contributed by atoms with E-state index in [-0.39, 0.29) is 6.04 Å². The summed E-state index contributed by atoms with van der Waals surface area (Å²) in [6.45, 7) is 5.69. The molecule has 6 heteroatoms. The van der Waals surface area contributed by atoms with E-state index in [9.17, 15) is 8.42 Å². The van der Waals surface area contributed by atoms with Crippen molar-refractivity contribution in [3.8, 4) is 5.75 Å². The summed E-state index contributed by atoms with van der Waals surface area (Å²) in [5, 5.41) is 0. The van der Waals surface area contributed by atoms with E-state index in [2.05, 4.69) is 28.7 Å². The number of sulfonamides is 1. The monoisotopic (exact) mass is 360 g/mol. The van der Waals surface area contributed by atoms with Crippen LogP contribution in [0.4, 0.5) is 11.4 Å². The zero-order valence-corrected chi connectivity index (χ0v) is 15.6. The van der Waals surface area contributed by atoms with Crippen molar-refractivity contribution in [1.29, 1.82) is 0 Å². The van der Waals surface area contributed by atoms with Crippen LogP contribution in [0.3, 0.4) is 0 Å². The number of fused-ring (bicyclic) bond motifs is 1. The summed E-state index contributed by atoms with van der Waals surface area (Å²) < 4.78 is 30.8. The average Bonchev–Trinajstić information content (AvgIpc) is 2.92. The number of hydrogen-bond acceptors (Lipinski definition) is 4. The smallest absolute Gasteiger partial charge is 0.229 e. The van der Waals surface area contributed by atoms with Crippen molar-refractivity contribution in [3.63, 3.8) is 0 Å². The second-order valence-electron chi connectivity index (χ2n) is 6.23. The topological polar surface area (TPSA) is 58.6 Å². The Morgan fingerprint density at radius 3 is 2.48 bits per heavy atom. The lowest BCUT2D eigenvalue weighted by molar-refractivity contribution is 0.340. The van der Waals surface area contributed by atoms with E-state index in [4.69, 9.17) is 4.74 Å². The Kier molecular flexibility index (Phi) is 4.90. The highest BCUT2D eigenvalue weighted by Gasteiger charge is 2.29. The summed E-state index contributed by atoms with van der Waals surface area (Å²) in [5.74, 6) is 0.896. The highest BCUT2D eigenvalue weighted by molar-refractivity contribution is 7.92. The summed E-state index contributed by atoms with van der Waals surface area (Å²) in [5.41, 5.74) is 4.30. The fraction of sp³-hybridized carbons (Fsp3) is 0.368. The number of hydrogen-bond donors (Lipinski definition) is 1. The predicted octanol–water partition coefficient (Wildman–Crippen LogP) is 3.58. The van der Waals surface area contributed by atoms with Gasteiger partial charge in [-0.2, -0.15) is 0 Å². The normalized spacial score (nSPS) is 16.6. The van der Waals surface area contributed by atoms with Crippen LogP contribution >= 0.6 is 0 Å². The van der Waals surface area contributed by atoms with Crippen LogP contribution in [0.15, 0.2) is 42.5 Å². The predicted molar refractivity (Wildman–Crippen MR) is 102 cm³/mol. The van der Waals surface area contributed by atoms with Crippen LogP contribution in [0.5, 0.6) is 5.75 Å². The Labute approximate surface area is 149 Å². The summed E-state index contributed by atoms with van der Waals surface area (Å²) in [7, 11) is -3.25. The third-order valence-corrected chi connectivity index (χ3v) is 5.01. The standard InChI is InChI=1S/C19H24N2O3S/c1-4-21-18(12-15-8-11-17(24-5-2)13-19(15)21)14-6-9-16(10-7-14)20-25(3,22)23/h6-11,13,18,20H,4-5,12H2,1-3H3. The molecule has 2 aromatic carbocycles. The molecule has 1 atom stereocenters. The molecule has 0 radical (unpaired) electrons. The molecule has 0 spiro atoms. The Balaban J connectivity index is 1.85. The molecule has 3 rings (SSSR count). The molecule has 1 N–H and O–H groups in total. The largest absolute Gasteiger partial charge is 0.494 e. The summed E-state index contributed by atoms with van der Waals surface area (Å²) >= 11 is 0. The minimum Gasteiger partial charge on any atom is -0.494 e. The van der Waals surface area contributed by atoms with Gasteiger partial charge in [0.25, 0.3) is 0 Å². The molecule has 1 unspecified atom stereocenters. The zero-order valence-electron chi connectivity index (χ0n) is 14.8. The van der Waals surface area contributed by atoms with E-state index in [0.717, 1.165) is 25.0 Å². The Bertz CT molecular complexity index is 847. The Morgan fingerprint density at radius 2 is 1.88 bits per heavy atom. The third-order valence-electron chi connectivity index (χ3n) is 4.41. The molecule has 1 aliphatic rings. The Morgan fingerprint density at radius 1 is 1.16 bits per heavy atom. The van der Waals surface area contributed by atoms with Crippen molar-refractivity contribution in [1.82, 2.24) is 0 Å². The lowest BCUT2D eigenvalue weighted by Crippen LogP contribution is -2.24. The van der Waals surface area contributed by atoms with Gasteiger partial charge in [-0.05, 0) is 49.6 Å². The number of nitrogens with one attached hydrogen (secondary N) is 1. The van der Waals surface area contributed by atoms with Crippen molar-refractivity contribution in [3.05, 3.63) is 53.6 Å². The SMILES string of the molecule is CCOc1ccc2c(c1)N(CC)C(c1ccc(NS(C)(=O)=O)cc1)C2. The molecule has 134 valence electrons. The average molecular weight is 360 g/mol. The van der Waals surface area contributed by atoms with Gasteiger partial charge in [0.2, 0.25) is 10.0 Å².